The summed E-state index contributed by atoms with van der Waals surface area (Å²) in [4.78, 5) is 12.2. The van der Waals surface area contributed by atoms with Crippen molar-refractivity contribution in [1.29, 1.82) is 0 Å². The van der Waals surface area contributed by atoms with Gasteiger partial charge in [-0.25, -0.2) is 4.79 Å². The summed E-state index contributed by atoms with van der Waals surface area (Å²) in [7, 11) is 0. The molecule has 0 unspecified atom stereocenters. The van der Waals surface area contributed by atoms with Crippen LogP contribution in [0.3, 0.4) is 0 Å². The van der Waals surface area contributed by atoms with Gasteiger partial charge in [0.15, 0.2) is 17.6 Å². The summed E-state index contributed by atoms with van der Waals surface area (Å²) in [6, 6.07) is 14.7. The highest BCUT2D eigenvalue weighted by Gasteiger charge is 2.21. The number of ether oxygens (including phenoxy) is 3. The van der Waals surface area contributed by atoms with Crippen LogP contribution >= 0.6 is 0 Å². The van der Waals surface area contributed by atoms with E-state index in [4.69, 9.17) is 14.2 Å². The number of urea groups is 1. The smallest absolute Gasteiger partial charge is 0.319 e. The number of para-hydroxylation sites is 2. The predicted molar refractivity (Wildman–Crippen MR) is 103 cm³/mol. The Hall–Kier alpha value is -2.89. The minimum atomic E-state index is -0.282. The van der Waals surface area contributed by atoms with Gasteiger partial charge in [0.05, 0.1) is 12.6 Å². The quantitative estimate of drug-likeness (QED) is 0.838. The molecule has 1 saturated carbocycles. The standard InChI is InChI=1S/C21H24N2O4/c24-21(22-13-18-14-25-19-10-3-4-11-20(19)27-18)23-15-6-5-9-17(12-15)26-16-7-1-2-8-16/h3-6,9-12,16,18H,1-2,7-8,13-14H2,(H2,22,23,24)/t18-/m1/s1. The molecule has 2 aromatic carbocycles. The van der Waals surface area contributed by atoms with Gasteiger partial charge in [0.1, 0.15) is 12.4 Å². The molecule has 0 radical (unpaired) electrons. The molecule has 2 aliphatic rings. The molecular formula is C21H24N2O4. The second-order valence-electron chi connectivity index (χ2n) is 6.88. The monoisotopic (exact) mass is 368 g/mol. The SMILES string of the molecule is O=C(NC[C@@H]1COc2ccccc2O1)Nc1cccc(OC2CCCC2)c1. The van der Waals surface area contributed by atoms with Crippen LogP contribution in [0.25, 0.3) is 0 Å². The number of anilines is 1. The summed E-state index contributed by atoms with van der Waals surface area (Å²) in [6.07, 6.45) is 4.73. The predicted octanol–water partition coefficient (Wildman–Crippen LogP) is 3.97. The molecule has 2 amide bonds. The fourth-order valence-electron chi connectivity index (χ4n) is 3.39. The van der Waals surface area contributed by atoms with Gasteiger partial charge in [0.25, 0.3) is 0 Å². The lowest BCUT2D eigenvalue weighted by molar-refractivity contribution is 0.0922. The van der Waals surface area contributed by atoms with Gasteiger partial charge in [-0.2, -0.15) is 0 Å². The van der Waals surface area contributed by atoms with Gasteiger partial charge in [-0.15, -0.1) is 0 Å². The van der Waals surface area contributed by atoms with Crippen LogP contribution in [0.4, 0.5) is 10.5 Å². The van der Waals surface area contributed by atoms with Gasteiger partial charge >= 0.3 is 6.03 Å². The number of amides is 2. The number of benzene rings is 2. The van der Waals surface area contributed by atoms with Crippen LogP contribution in [0.1, 0.15) is 25.7 Å². The van der Waals surface area contributed by atoms with E-state index < -0.39 is 0 Å². The first-order valence-corrected chi connectivity index (χ1v) is 9.46. The van der Waals surface area contributed by atoms with Crippen LogP contribution in [0.2, 0.25) is 0 Å². The Labute approximate surface area is 158 Å². The Morgan fingerprint density at radius 3 is 2.74 bits per heavy atom. The maximum absolute atomic E-state index is 12.2. The van der Waals surface area contributed by atoms with Crippen molar-refractivity contribution >= 4 is 11.7 Å². The number of hydrogen-bond donors (Lipinski definition) is 2. The molecule has 1 atom stereocenters. The lowest BCUT2D eigenvalue weighted by Gasteiger charge is -2.26. The molecule has 0 aromatic heterocycles. The largest absolute Gasteiger partial charge is 0.490 e. The van der Waals surface area contributed by atoms with Crippen LogP contribution in [0.15, 0.2) is 48.5 Å². The van der Waals surface area contributed by atoms with Gasteiger partial charge in [-0.1, -0.05) is 18.2 Å². The van der Waals surface area contributed by atoms with E-state index in [0.717, 1.165) is 24.3 Å². The van der Waals surface area contributed by atoms with E-state index in [-0.39, 0.29) is 12.1 Å². The van der Waals surface area contributed by atoms with Crippen LogP contribution < -0.4 is 24.8 Å². The molecule has 1 heterocycles. The van der Waals surface area contributed by atoms with Gasteiger partial charge in [-0.3, -0.25) is 0 Å². The summed E-state index contributed by atoms with van der Waals surface area (Å²) >= 11 is 0. The zero-order chi connectivity index (χ0) is 18.5. The number of carbonyl (C=O) groups excluding carboxylic acids is 1. The fraction of sp³-hybridized carbons (Fsp3) is 0.381. The maximum atomic E-state index is 12.2. The summed E-state index contributed by atoms with van der Waals surface area (Å²) in [6.45, 7) is 0.764. The first kappa shape index (κ1) is 17.5. The van der Waals surface area contributed by atoms with E-state index in [9.17, 15) is 4.79 Å². The highest BCUT2D eigenvalue weighted by atomic mass is 16.6. The Morgan fingerprint density at radius 1 is 1.07 bits per heavy atom. The first-order chi connectivity index (χ1) is 13.3. The van der Waals surface area contributed by atoms with E-state index in [1.807, 2.05) is 48.5 Å². The van der Waals surface area contributed by atoms with Gasteiger partial charge in [0.2, 0.25) is 0 Å². The normalized spacial score (nSPS) is 18.7. The van der Waals surface area contributed by atoms with Gasteiger partial charge in [0, 0.05) is 11.8 Å². The Kier molecular flexibility index (Phi) is 5.32. The van der Waals surface area contributed by atoms with E-state index >= 15 is 0 Å². The zero-order valence-electron chi connectivity index (χ0n) is 15.1. The summed E-state index contributed by atoms with van der Waals surface area (Å²) < 4.78 is 17.5. The van der Waals surface area contributed by atoms with Crippen molar-refractivity contribution in [1.82, 2.24) is 5.32 Å². The molecular weight excluding hydrogens is 344 g/mol. The molecule has 2 N–H and O–H groups in total. The topological polar surface area (TPSA) is 68.8 Å². The number of carbonyl (C=O) groups is 1. The lowest BCUT2D eigenvalue weighted by atomic mass is 10.2. The van der Waals surface area contributed by atoms with Crippen molar-refractivity contribution in [3.63, 3.8) is 0 Å². The minimum absolute atomic E-state index is 0.220. The number of rotatable bonds is 5. The van der Waals surface area contributed by atoms with Crippen molar-refractivity contribution in [3.8, 4) is 17.2 Å². The second-order valence-corrected chi connectivity index (χ2v) is 6.88. The van der Waals surface area contributed by atoms with E-state index in [0.29, 0.717) is 30.7 Å². The molecule has 1 aliphatic carbocycles. The zero-order valence-corrected chi connectivity index (χ0v) is 15.1. The molecule has 6 heteroatoms. The van der Waals surface area contributed by atoms with Crippen LogP contribution in [0, 0.1) is 0 Å². The maximum Gasteiger partial charge on any atom is 0.319 e. The van der Waals surface area contributed by atoms with E-state index in [2.05, 4.69) is 10.6 Å². The Balaban J connectivity index is 1.26. The highest BCUT2D eigenvalue weighted by Crippen LogP contribution is 2.30. The molecule has 1 fully saturated rings. The molecule has 1 aliphatic heterocycles. The number of hydrogen-bond acceptors (Lipinski definition) is 4. The number of nitrogens with one attached hydrogen (secondary N) is 2. The third-order valence-corrected chi connectivity index (χ3v) is 4.75. The first-order valence-electron chi connectivity index (χ1n) is 9.46. The van der Waals surface area contributed by atoms with Crippen molar-refractivity contribution in [2.45, 2.75) is 37.9 Å². The fourth-order valence-corrected chi connectivity index (χ4v) is 3.39. The summed E-state index contributed by atoms with van der Waals surface area (Å²) in [5.41, 5.74) is 0.703. The van der Waals surface area contributed by atoms with Crippen molar-refractivity contribution in [2.75, 3.05) is 18.5 Å². The average Bonchev–Trinajstić information content (AvgIpc) is 3.19. The van der Waals surface area contributed by atoms with Crippen LogP contribution in [-0.4, -0.2) is 31.4 Å². The molecule has 4 rings (SSSR count). The van der Waals surface area contributed by atoms with Crippen molar-refractivity contribution in [3.05, 3.63) is 48.5 Å². The van der Waals surface area contributed by atoms with Gasteiger partial charge < -0.3 is 24.8 Å². The van der Waals surface area contributed by atoms with E-state index in [1.54, 1.807) is 0 Å². The van der Waals surface area contributed by atoms with Crippen molar-refractivity contribution in [2.24, 2.45) is 0 Å². The Morgan fingerprint density at radius 2 is 1.89 bits per heavy atom. The molecule has 0 bridgehead atoms. The summed E-state index contributed by atoms with van der Waals surface area (Å²) in [5.74, 6) is 2.23. The van der Waals surface area contributed by atoms with Crippen molar-refractivity contribution < 1.29 is 19.0 Å². The lowest BCUT2D eigenvalue weighted by Crippen LogP contribution is -2.42. The van der Waals surface area contributed by atoms with Gasteiger partial charge in [-0.05, 0) is 49.9 Å². The molecule has 0 spiro atoms. The Bertz CT molecular complexity index is 789. The second kappa shape index (κ2) is 8.20. The third-order valence-electron chi connectivity index (χ3n) is 4.75. The third kappa shape index (κ3) is 4.64. The number of fused-ring (bicyclic) bond motifs is 1. The van der Waals surface area contributed by atoms with Crippen LogP contribution in [0.5, 0.6) is 17.2 Å². The highest BCUT2D eigenvalue weighted by molar-refractivity contribution is 5.89. The molecule has 2 aromatic rings. The summed E-state index contributed by atoms with van der Waals surface area (Å²) in [5, 5.41) is 5.67. The molecule has 0 saturated heterocycles. The van der Waals surface area contributed by atoms with Crippen LogP contribution in [-0.2, 0) is 0 Å². The van der Waals surface area contributed by atoms with E-state index in [1.165, 1.54) is 12.8 Å². The molecule has 27 heavy (non-hydrogen) atoms. The molecule has 142 valence electrons. The average molecular weight is 368 g/mol. The molecule has 6 nitrogen and oxygen atoms in total. The minimum Gasteiger partial charge on any atom is -0.490 e.